The Morgan fingerprint density at radius 3 is 3.11 bits per heavy atom. The number of halogens is 1. The van der Waals surface area contributed by atoms with Gasteiger partial charge in [0.1, 0.15) is 16.2 Å². The van der Waals surface area contributed by atoms with Gasteiger partial charge in [-0.25, -0.2) is 4.98 Å². The highest BCUT2D eigenvalue weighted by Gasteiger charge is 2.19. The lowest BCUT2D eigenvalue weighted by atomic mass is 10.0. The average Bonchev–Trinajstić information content (AvgIpc) is 2.78. The molecule has 1 aliphatic heterocycles. The monoisotopic (exact) mass is 306 g/mol. The summed E-state index contributed by atoms with van der Waals surface area (Å²) in [5, 5.41) is 0. The minimum absolute atomic E-state index is 0.777. The van der Waals surface area contributed by atoms with Crippen LogP contribution in [0.5, 0.6) is 5.75 Å². The third-order valence-electron chi connectivity index (χ3n) is 3.17. The molecule has 3 rings (SSSR count). The standard InChI is InChI=1S/C14H15BrN2O/c1-2-7-18-11-4-5-12-10(8-11)3-6-14-16-9-13(15)17(12)14/h4-5,8-9H,2-3,6-7H2,1H3. The lowest BCUT2D eigenvalue weighted by molar-refractivity contribution is 0.317. The van der Waals surface area contributed by atoms with Crippen molar-refractivity contribution in [3.8, 4) is 11.4 Å². The third-order valence-corrected chi connectivity index (χ3v) is 3.73. The number of fused-ring (bicyclic) bond motifs is 3. The van der Waals surface area contributed by atoms with Crippen LogP contribution in [-0.2, 0) is 12.8 Å². The second-order valence-corrected chi connectivity index (χ2v) is 5.28. The van der Waals surface area contributed by atoms with E-state index in [-0.39, 0.29) is 0 Å². The van der Waals surface area contributed by atoms with Gasteiger partial charge in [-0.15, -0.1) is 0 Å². The fourth-order valence-electron chi connectivity index (χ4n) is 2.33. The van der Waals surface area contributed by atoms with Crippen LogP contribution in [0.15, 0.2) is 29.0 Å². The topological polar surface area (TPSA) is 27.1 Å². The lowest BCUT2D eigenvalue weighted by Gasteiger charge is -2.20. The first-order valence-electron chi connectivity index (χ1n) is 6.28. The summed E-state index contributed by atoms with van der Waals surface area (Å²) < 4.78 is 8.87. The molecule has 1 aromatic heterocycles. The zero-order valence-electron chi connectivity index (χ0n) is 10.3. The fourth-order valence-corrected chi connectivity index (χ4v) is 2.83. The summed E-state index contributed by atoms with van der Waals surface area (Å²) in [6, 6.07) is 6.31. The Kier molecular flexibility index (Phi) is 3.12. The maximum Gasteiger partial charge on any atom is 0.119 e. The largest absolute Gasteiger partial charge is 0.494 e. The van der Waals surface area contributed by atoms with Crippen LogP contribution in [0, 0.1) is 0 Å². The van der Waals surface area contributed by atoms with Gasteiger partial charge in [0.15, 0.2) is 0 Å². The molecule has 4 heteroatoms. The van der Waals surface area contributed by atoms with Gasteiger partial charge < -0.3 is 4.74 Å². The van der Waals surface area contributed by atoms with Crippen molar-refractivity contribution in [1.29, 1.82) is 0 Å². The number of ether oxygens (including phenoxy) is 1. The predicted molar refractivity (Wildman–Crippen MR) is 74.5 cm³/mol. The highest BCUT2D eigenvalue weighted by molar-refractivity contribution is 9.10. The summed E-state index contributed by atoms with van der Waals surface area (Å²) in [7, 11) is 0. The van der Waals surface area contributed by atoms with E-state index in [9.17, 15) is 0 Å². The van der Waals surface area contributed by atoms with Crippen LogP contribution >= 0.6 is 15.9 Å². The predicted octanol–water partition coefficient (Wildman–Crippen LogP) is 3.52. The first-order valence-corrected chi connectivity index (χ1v) is 7.07. The number of nitrogens with zero attached hydrogens (tertiary/aromatic N) is 2. The zero-order valence-corrected chi connectivity index (χ0v) is 11.9. The molecule has 3 nitrogen and oxygen atoms in total. The summed E-state index contributed by atoms with van der Waals surface area (Å²) in [6.45, 7) is 2.89. The molecule has 2 aromatic rings. The number of benzene rings is 1. The SMILES string of the molecule is CCCOc1ccc2c(c1)CCc1ncc(Br)n1-2. The van der Waals surface area contributed by atoms with E-state index in [1.807, 2.05) is 12.3 Å². The molecule has 1 aliphatic rings. The van der Waals surface area contributed by atoms with E-state index in [4.69, 9.17) is 4.74 Å². The van der Waals surface area contributed by atoms with E-state index in [0.29, 0.717) is 0 Å². The number of aryl methyl sites for hydroxylation is 2. The van der Waals surface area contributed by atoms with Gasteiger partial charge in [-0.1, -0.05) is 6.92 Å². The summed E-state index contributed by atoms with van der Waals surface area (Å²) >= 11 is 3.55. The summed E-state index contributed by atoms with van der Waals surface area (Å²) in [5.41, 5.74) is 2.54. The molecule has 0 saturated heterocycles. The number of aromatic nitrogens is 2. The van der Waals surface area contributed by atoms with Crippen LogP contribution in [0.4, 0.5) is 0 Å². The molecule has 0 aliphatic carbocycles. The Balaban J connectivity index is 2.00. The lowest BCUT2D eigenvalue weighted by Crippen LogP contribution is -2.12. The molecule has 0 fully saturated rings. The number of rotatable bonds is 3. The highest BCUT2D eigenvalue weighted by atomic mass is 79.9. The molecule has 18 heavy (non-hydrogen) atoms. The van der Waals surface area contributed by atoms with Crippen LogP contribution in [0.2, 0.25) is 0 Å². The Hall–Kier alpha value is -1.29. The molecular formula is C14H15BrN2O. The van der Waals surface area contributed by atoms with Gasteiger partial charge >= 0.3 is 0 Å². The van der Waals surface area contributed by atoms with E-state index in [1.54, 1.807) is 0 Å². The molecule has 0 radical (unpaired) electrons. The van der Waals surface area contributed by atoms with Gasteiger partial charge in [0, 0.05) is 6.42 Å². The first kappa shape index (κ1) is 11.8. The third kappa shape index (κ3) is 1.94. The van der Waals surface area contributed by atoms with Crippen molar-refractivity contribution in [3.05, 3.63) is 40.4 Å². The average molecular weight is 307 g/mol. The summed E-state index contributed by atoms with van der Waals surface area (Å²) in [5.74, 6) is 2.09. The molecule has 0 amide bonds. The quantitative estimate of drug-likeness (QED) is 0.867. The molecule has 0 N–H and O–H groups in total. The molecule has 0 atom stereocenters. The minimum Gasteiger partial charge on any atom is -0.494 e. The van der Waals surface area contributed by atoms with Crippen molar-refractivity contribution in [2.45, 2.75) is 26.2 Å². The summed E-state index contributed by atoms with van der Waals surface area (Å²) in [6.07, 6.45) is 4.91. The van der Waals surface area contributed by atoms with Crippen molar-refractivity contribution < 1.29 is 4.74 Å². The number of imidazole rings is 1. The maximum atomic E-state index is 5.68. The zero-order chi connectivity index (χ0) is 12.5. The second kappa shape index (κ2) is 4.76. The van der Waals surface area contributed by atoms with Crippen LogP contribution < -0.4 is 4.74 Å². The Morgan fingerprint density at radius 2 is 2.28 bits per heavy atom. The molecule has 0 saturated carbocycles. The first-order chi connectivity index (χ1) is 8.79. The molecule has 0 spiro atoms. The van der Waals surface area contributed by atoms with E-state index in [1.165, 1.54) is 11.3 Å². The minimum atomic E-state index is 0.777. The normalized spacial score (nSPS) is 13.0. The van der Waals surface area contributed by atoms with Crippen LogP contribution in [-0.4, -0.2) is 16.2 Å². The molecule has 1 aromatic carbocycles. The van der Waals surface area contributed by atoms with Gasteiger partial charge in [0.05, 0.1) is 18.5 Å². The molecular weight excluding hydrogens is 292 g/mol. The molecule has 0 unspecified atom stereocenters. The second-order valence-electron chi connectivity index (χ2n) is 4.47. The van der Waals surface area contributed by atoms with E-state index < -0.39 is 0 Å². The Morgan fingerprint density at radius 1 is 1.39 bits per heavy atom. The van der Waals surface area contributed by atoms with Crippen LogP contribution in [0.25, 0.3) is 5.69 Å². The van der Waals surface area contributed by atoms with Crippen molar-refractivity contribution in [2.24, 2.45) is 0 Å². The van der Waals surface area contributed by atoms with Gasteiger partial charge in [-0.3, -0.25) is 4.57 Å². The molecule has 2 heterocycles. The maximum absolute atomic E-state index is 5.68. The number of hydrogen-bond acceptors (Lipinski definition) is 2. The Bertz CT molecular complexity index is 577. The van der Waals surface area contributed by atoms with Crippen molar-refractivity contribution in [1.82, 2.24) is 9.55 Å². The van der Waals surface area contributed by atoms with E-state index >= 15 is 0 Å². The van der Waals surface area contributed by atoms with Crippen LogP contribution in [0.1, 0.15) is 24.7 Å². The van der Waals surface area contributed by atoms with Crippen molar-refractivity contribution >= 4 is 15.9 Å². The Labute approximate surface area is 115 Å². The fraction of sp³-hybridized carbons (Fsp3) is 0.357. The summed E-state index contributed by atoms with van der Waals surface area (Å²) in [4.78, 5) is 4.41. The smallest absolute Gasteiger partial charge is 0.119 e. The molecule has 94 valence electrons. The van der Waals surface area contributed by atoms with E-state index in [2.05, 4.69) is 44.5 Å². The van der Waals surface area contributed by atoms with Gasteiger partial charge in [-0.2, -0.15) is 0 Å². The highest BCUT2D eigenvalue weighted by Crippen LogP contribution is 2.30. The van der Waals surface area contributed by atoms with Gasteiger partial charge in [-0.05, 0) is 52.5 Å². The van der Waals surface area contributed by atoms with Gasteiger partial charge in [0.2, 0.25) is 0 Å². The molecule has 0 bridgehead atoms. The van der Waals surface area contributed by atoms with Crippen molar-refractivity contribution in [3.63, 3.8) is 0 Å². The van der Waals surface area contributed by atoms with Crippen LogP contribution in [0.3, 0.4) is 0 Å². The van der Waals surface area contributed by atoms with Gasteiger partial charge in [0.25, 0.3) is 0 Å². The van der Waals surface area contributed by atoms with E-state index in [0.717, 1.165) is 42.0 Å². The number of hydrogen-bond donors (Lipinski definition) is 0. The van der Waals surface area contributed by atoms with Crippen molar-refractivity contribution in [2.75, 3.05) is 6.61 Å².